The number of rotatable bonds is 4. The minimum atomic E-state index is 0.898. The second kappa shape index (κ2) is 6.86. The number of para-hydroxylation sites is 1. The summed E-state index contributed by atoms with van der Waals surface area (Å²) >= 11 is 0. The second-order valence-electron chi connectivity index (χ2n) is 6.94. The Bertz CT molecular complexity index is 698. The quantitative estimate of drug-likeness (QED) is 0.843. The van der Waals surface area contributed by atoms with Crippen LogP contribution in [0.4, 0.5) is 11.4 Å². The molecule has 1 aliphatic heterocycles. The molecule has 1 heterocycles. The average Bonchev–Trinajstić information content (AvgIpc) is 2.94. The van der Waals surface area contributed by atoms with Crippen LogP contribution in [-0.4, -0.2) is 32.1 Å². The molecule has 126 valence electrons. The van der Waals surface area contributed by atoms with E-state index in [0.29, 0.717) is 0 Å². The number of hydrogen-bond acceptors (Lipinski definition) is 3. The van der Waals surface area contributed by atoms with Crippen molar-refractivity contribution < 1.29 is 0 Å². The Hall–Kier alpha value is -2.00. The number of aryl methyl sites for hydroxylation is 3. The minimum absolute atomic E-state index is 0.898. The summed E-state index contributed by atoms with van der Waals surface area (Å²) in [5, 5.41) is 0. The molecule has 0 spiro atoms. The van der Waals surface area contributed by atoms with Gasteiger partial charge in [0.25, 0.3) is 0 Å². The fourth-order valence-electron chi connectivity index (χ4n) is 3.65. The lowest BCUT2D eigenvalue weighted by molar-refractivity contribution is 0.384. The molecule has 1 saturated heterocycles. The maximum Gasteiger partial charge on any atom is 0.177 e. The highest BCUT2D eigenvalue weighted by Gasteiger charge is 2.25. The molecule has 0 saturated carbocycles. The first kappa shape index (κ1) is 16.8. The Morgan fingerprint density at radius 1 is 1.00 bits per heavy atom. The Morgan fingerprint density at radius 3 is 2.33 bits per heavy atom. The van der Waals surface area contributed by atoms with Crippen molar-refractivity contribution in [2.45, 2.75) is 27.3 Å². The number of nitrogens with zero attached hydrogens (tertiary/aromatic N) is 3. The molecule has 0 bridgehead atoms. The first-order valence-corrected chi connectivity index (χ1v) is 8.57. The Balaban J connectivity index is 1.75. The van der Waals surface area contributed by atoms with Crippen LogP contribution < -0.4 is 9.80 Å². The molecule has 3 heteroatoms. The summed E-state index contributed by atoms with van der Waals surface area (Å²) < 4.78 is 0. The van der Waals surface area contributed by atoms with Gasteiger partial charge in [-0.25, -0.2) is 0 Å². The smallest absolute Gasteiger partial charge is 0.177 e. The second-order valence-corrected chi connectivity index (χ2v) is 6.94. The molecule has 1 fully saturated rings. The first-order valence-electron chi connectivity index (χ1n) is 8.57. The highest BCUT2D eigenvalue weighted by atomic mass is 15.4. The van der Waals surface area contributed by atoms with Crippen LogP contribution >= 0.6 is 0 Å². The summed E-state index contributed by atoms with van der Waals surface area (Å²) in [7, 11) is 4.20. The van der Waals surface area contributed by atoms with Crippen LogP contribution in [0.25, 0.3) is 0 Å². The van der Waals surface area contributed by atoms with E-state index >= 15 is 0 Å². The normalized spacial score (nSPS) is 15.1. The van der Waals surface area contributed by atoms with E-state index in [1.807, 2.05) is 0 Å². The van der Waals surface area contributed by atoms with E-state index in [-0.39, 0.29) is 0 Å². The molecule has 1 aliphatic rings. The van der Waals surface area contributed by atoms with E-state index in [1.165, 1.54) is 33.6 Å². The maximum atomic E-state index is 3.57. The number of anilines is 2. The third kappa shape index (κ3) is 3.41. The summed E-state index contributed by atoms with van der Waals surface area (Å²) in [5.74, 6) is 0. The molecule has 0 atom stereocenters. The zero-order chi connectivity index (χ0) is 17.3. The lowest BCUT2D eigenvalue weighted by Crippen LogP contribution is -2.21. The number of hydrogen-bond donors (Lipinski definition) is 0. The van der Waals surface area contributed by atoms with Crippen molar-refractivity contribution in [2.24, 2.45) is 0 Å². The molecule has 2 aromatic carbocycles. The summed E-state index contributed by atoms with van der Waals surface area (Å²) in [6.07, 6.45) is 0. The van der Waals surface area contributed by atoms with Crippen molar-refractivity contribution in [3.8, 4) is 0 Å². The third-order valence-corrected chi connectivity index (χ3v) is 4.60. The van der Waals surface area contributed by atoms with E-state index in [4.69, 9.17) is 0 Å². The highest BCUT2D eigenvalue weighted by molar-refractivity contribution is 5.62. The van der Waals surface area contributed by atoms with Crippen molar-refractivity contribution in [3.05, 3.63) is 65.3 Å². The maximum absolute atomic E-state index is 3.57. The molecule has 0 aliphatic carbocycles. The van der Waals surface area contributed by atoms with Crippen molar-refractivity contribution >= 4 is 11.4 Å². The van der Waals surface area contributed by atoms with Crippen LogP contribution in [0.15, 0.2) is 36.4 Å². The van der Waals surface area contributed by atoms with Crippen LogP contribution in [0.5, 0.6) is 0 Å². The SMILES string of the molecule is Cc1cc(C)c(N2[C]N(Cc3ccccc3N(C)C)CC2)c(C)c1. The van der Waals surface area contributed by atoms with Gasteiger partial charge in [-0.05, 0) is 43.5 Å². The molecule has 3 nitrogen and oxygen atoms in total. The van der Waals surface area contributed by atoms with Gasteiger partial charge in [0, 0.05) is 45.1 Å². The van der Waals surface area contributed by atoms with Gasteiger partial charge in [0.1, 0.15) is 0 Å². The van der Waals surface area contributed by atoms with Crippen LogP contribution in [-0.2, 0) is 6.54 Å². The Labute approximate surface area is 146 Å². The number of benzene rings is 2. The van der Waals surface area contributed by atoms with Crippen LogP contribution in [0.2, 0.25) is 0 Å². The van der Waals surface area contributed by atoms with Gasteiger partial charge in [-0.1, -0.05) is 35.9 Å². The lowest BCUT2D eigenvalue weighted by atomic mass is 10.0. The van der Waals surface area contributed by atoms with E-state index in [9.17, 15) is 0 Å². The van der Waals surface area contributed by atoms with E-state index in [0.717, 1.165) is 19.6 Å². The van der Waals surface area contributed by atoms with Crippen LogP contribution in [0, 0.1) is 27.4 Å². The van der Waals surface area contributed by atoms with Crippen molar-refractivity contribution in [2.75, 3.05) is 37.0 Å². The molecule has 0 aromatic heterocycles. The van der Waals surface area contributed by atoms with Gasteiger partial charge in [0.2, 0.25) is 0 Å². The van der Waals surface area contributed by atoms with Gasteiger partial charge in [-0.3, -0.25) is 4.90 Å². The summed E-state index contributed by atoms with van der Waals surface area (Å²) in [4.78, 5) is 6.75. The van der Waals surface area contributed by atoms with E-state index in [2.05, 4.69) is 92.6 Å². The molecule has 2 aromatic rings. The summed E-state index contributed by atoms with van der Waals surface area (Å²) in [6, 6.07) is 13.1. The molecular weight excluding hydrogens is 294 g/mol. The van der Waals surface area contributed by atoms with Gasteiger partial charge in [0.05, 0.1) is 0 Å². The lowest BCUT2D eigenvalue weighted by Gasteiger charge is -2.23. The van der Waals surface area contributed by atoms with Crippen LogP contribution in [0.3, 0.4) is 0 Å². The van der Waals surface area contributed by atoms with Gasteiger partial charge in [0.15, 0.2) is 6.67 Å². The molecule has 3 rings (SSSR count). The van der Waals surface area contributed by atoms with E-state index in [1.54, 1.807) is 0 Å². The topological polar surface area (TPSA) is 9.72 Å². The predicted molar refractivity (Wildman–Crippen MR) is 102 cm³/mol. The monoisotopic (exact) mass is 321 g/mol. The molecule has 2 radical (unpaired) electrons. The predicted octanol–water partition coefficient (Wildman–Crippen LogP) is 4.00. The van der Waals surface area contributed by atoms with Crippen molar-refractivity contribution in [3.63, 3.8) is 0 Å². The summed E-state index contributed by atoms with van der Waals surface area (Å²) in [5.41, 5.74) is 7.91. The zero-order valence-corrected chi connectivity index (χ0v) is 15.4. The Kier molecular flexibility index (Phi) is 4.81. The van der Waals surface area contributed by atoms with Crippen molar-refractivity contribution in [1.29, 1.82) is 0 Å². The van der Waals surface area contributed by atoms with E-state index < -0.39 is 0 Å². The van der Waals surface area contributed by atoms with Gasteiger partial charge < -0.3 is 9.80 Å². The van der Waals surface area contributed by atoms with Gasteiger partial charge in [-0.2, -0.15) is 0 Å². The molecule has 0 unspecified atom stereocenters. The standard InChI is InChI=1S/C21H27N3/c1-16-12-17(2)21(18(3)13-16)24-11-10-23(15-24)14-19-8-6-7-9-20(19)22(4)5/h6-9,12-13H,10-11,14H2,1-5H3. The first-order chi connectivity index (χ1) is 11.5. The third-order valence-electron chi connectivity index (χ3n) is 4.60. The Morgan fingerprint density at radius 2 is 1.67 bits per heavy atom. The molecular formula is C21H27N3. The molecule has 0 amide bonds. The highest BCUT2D eigenvalue weighted by Crippen LogP contribution is 2.31. The summed E-state index contributed by atoms with van der Waals surface area (Å²) in [6.45, 7) is 13.0. The van der Waals surface area contributed by atoms with Gasteiger partial charge in [-0.15, -0.1) is 0 Å². The molecule has 0 N–H and O–H groups in total. The van der Waals surface area contributed by atoms with Crippen LogP contribution in [0.1, 0.15) is 22.3 Å². The zero-order valence-electron chi connectivity index (χ0n) is 15.4. The molecule has 24 heavy (non-hydrogen) atoms. The minimum Gasteiger partial charge on any atom is -0.377 e. The fraction of sp³-hybridized carbons (Fsp3) is 0.381. The van der Waals surface area contributed by atoms with Crippen molar-refractivity contribution in [1.82, 2.24) is 4.90 Å². The largest absolute Gasteiger partial charge is 0.377 e. The van der Waals surface area contributed by atoms with Gasteiger partial charge >= 0.3 is 0 Å². The average molecular weight is 321 g/mol. The fourth-order valence-corrected chi connectivity index (χ4v) is 3.65.